The molecule has 130 valence electrons. The topological polar surface area (TPSA) is 80.7 Å². The number of aldehydes is 1. The molecule has 1 saturated heterocycles. The van der Waals surface area contributed by atoms with Crippen molar-refractivity contribution in [3.05, 3.63) is 36.7 Å². The van der Waals surface area contributed by atoms with Crippen LogP contribution in [0.2, 0.25) is 14.8 Å². The largest absolute Gasteiger partial charge is 0.302 e. The van der Waals surface area contributed by atoms with E-state index < -0.39 is 18.4 Å². The first-order valence-corrected chi connectivity index (χ1v) is 18.7. The molecule has 0 aromatic carbocycles. The first-order chi connectivity index (χ1) is 11.4. The third-order valence-electron chi connectivity index (χ3n) is 2.93. The summed E-state index contributed by atoms with van der Waals surface area (Å²) < 4.78 is 1.27. The molecule has 1 unspecified atom stereocenters. The van der Waals surface area contributed by atoms with Gasteiger partial charge in [0.15, 0.2) is 0 Å². The van der Waals surface area contributed by atoms with E-state index in [4.69, 9.17) is 0 Å². The van der Waals surface area contributed by atoms with Gasteiger partial charge in [-0.15, -0.1) is 11.8 Å². The zero-order chi connectivity index (χ0) is 18.0. The van der Waals surface area contributed by atoms with Crippen LogP contribution in [0, 0.1) is 6.92 Å². The molecule has 8 heteroatoms. The quantitative estimate of drug-likeness (QED) is 0.433. The van der Waals surface area contributed by atoms with Gasteiger partial charge >= 0.3 is 77.4 Å². The fraction of sp³-hybridized carbons (Fsp3) is 0.438. The predicted molar refractivity (Wildman–Crippen MR) is 104 cm³/mol. The molecule has 1 N–H and O–H groups in total. The molecular weight excluding hydrogens is 429 g/mol. The number of carbonyl (C=O) groups is 1. The Hall–Kier alpha value is -1.22. The van der Waals surface area contributed by atoms with E-state index in [1.54, 1.807) is 24.3 Å². The molecule has 2 aromatic rings. The molecule has 1 aliphatic heterocycles. The van der Waals surface area contributed by atoms with E-state index in [-0.39, 0.29) is 0 Å². The molecule has 0 bridgehead atoms. The molecule has 0 radical (unpaired) electrons. The summed E-state index contributed by atoms with van der Waals surface area (Å²) in [6.07, 6.45) is 5.89. The first-order valence-electron chi connectivity index (χ1n) is 7.66. The number of rotatable bonds is 3. The Morgan fingerprint density at radius 2 is 1.96 bits per heavy atom. The number of anilines is 1. The smallest absolute Gasteiger partial charge is 0.133 e. The Morgan fingerprint density at radius 1 is 1.25 bits per heavy atom. The summed E-state index contributed by atoms with van der Waals surface area (Å²) in [6, 6.07) is 3.93. The summed E-state index contributed by atoms with van der Waals surface area (Å²) >= 11 is -0.270. The van der Waals surface area contributed by atoms with Crippen molar-refractivity contribution < 1.29 is 4.79 Å². The van der Waals surface area contributed by atoms with E-state index in [1.807, 2.05) is 20.0 Å². The van der Waals surface area contributed by atoms with Crippen LogP contribution in [0.3, 0.4) is 0 Å². The van der Waals surface area contributed by atoms with E-state index in [2.05, 4.69) is 46.1 Å². The summed E-state index contributed by atoms with van der Waals surface area (Å²) in [7, 11) is 1.88. The van der Waals surface area contributed by atoms with Gasteiger partial charge in [-0.2, -0.15) is 0 Å². The van der Waals surface area contributed by atoms with Gasteiger partial charge in [-0.25, -0.2) is 9.97 Å². The normalized spacial score (nSPS) is 15.1. The molecule has 2 aromatic heterocycles. The van der Waals surface area contributed by atoms with Crippen molar-refractivity contribution in [2.45, 2.75) is 27.0 Å². The second-order valence-electron chi connectivity index (χ2n) is 6.15. The Balaban J connectivity index is 0.000000201. The molecule has 0 spiro atoms. The zero-order valence-corrected chi connectivity index (χ0v) is 18.5. The Morgan fingerprint density at radius 3 is 2.29 bits per heavy atom. The van der Waals surface area contributed by atoms with Crippen LogP contribution in [-0.2, 0) is 4.79 Å². The summed E-state index contributed by atoms with van der Waals surface area (Å²) in [5, 5.41) is 3.39. The molecule has 6 nitrogen and oxygen atoms in total. The number of thioether (sulfide) groups is 1. The summed E-state index contributed by atoms with van der Waals surface area (Å²) in [5.74, 6) is 1.98. The maximum atomic E-state index is 9.55. The Kier molecular flexibility index (Phi) is 9.20. The van der Waals surface area contributed by atoms with E-state index in [1.165, 1.54) is 10.0 Å². The number of nitrogens with one attached hydrogen (secondary N) is 1. The van der Waals surface area contributed by atoms with Crippen molar-refractivity contribution in [3.8, 4) is 0 Å². The second-order valence-corrected chi connectivity index (χ2v) is 21.7. The fourth-order valence-electron chi connectivity index (χ4n) is 1.40. The van der Waals surface area contributed by atoms with Gasteiger partial charge in [0, 0.05) is 17.6 Å². The maximum absolute atomic E-state index is 9.55. The number of hydrogen-bond donors (Lipinski definition) is 1. The third-order valence-corrected chi connectivity index (χ3v) is 8.93. The maximum Gasteiger partial charge on any atom is 0.133 e. The summed E-state index contributed by atoms with van der Waals surface area (Å²) in [5.41, 5.74) is 1.01. The number of hydrogen-bond acceptors (Lipinski definition) is 7. The van der Waals surface area contributed by atoms with E-state index in [9.17, 15) is 4.79 Å². The number of nitrogens with zero attached hydrogens (tertiary/aromatic N) is 4. The van der Waals surface area contributed by atoms with Crippen LogP contribution in [0.25, 0.3) is 0 Å². The molecule has 3 heterocycles. The molecule has 1 aliphatic rings. The van der Waals surface area contributed by atoms with Crippen molar-refractivity contribution in [1.82, 2.24) is 19.9 Å². The molecule has 0 aliphatic carbocycles. The minimum atomic E-state index is -1.97. The zero-order valence-electron chi connectivity index (χ0n) is 14.9. The van der Waals surface area contributed by atoms with Crippen molar-refractivity contribution in [2.24, 2.45) is 0 Å². The van der Waals surface area contributed by atoms with Crippen LogP contribution in [0.4, 0.5) is 5.82 Å². The van der Waals surface area contributed by atoms with Crippen LogP contribution < -0.4 is 9.03 Å². The monoisotopic (exact) mass is 455 g/mol. The minimum absolute atomic E-state index is 0.370. The first kappa shape index (κ1) is 20.8. The van der Waals surface area contributed by atoms with Crippen LogP contribution in [0.5, 0.6) is 0 Å². The van der Waals surface area contributed by atoms with Gasteiger partial charge < -0.3 is 4.79 Å². The van der Waals surface area contributed by atoms with E-state index in [0.29, 0.717) is 5.25 Å². The van der Waals surface area contributed by atoms with Crippen molar-refractivity contribution in [2.75, 3.05) is 18.1 Å². The van der Waals surface area contributed by atoms with Gasteiger partial charge in [0.05, 0.1) is 5.25 Å². The van der Waals surface area contributed by atoms with Gasteiger partial charge in [0.2, 0.25) is 0 Å². The molecule has 0 saturated carbocycles. The van der Waals surface area contributed by atoms with Gasteiger partial charge in [0.1, 0.15) is 12.6 Å². The average molecular weight is 454 g/mol. The molecular formula is C16H25N5OSSn. The minimum Gasteiger partial charge on any atom is -0.302 e. The van der Waals surface area contributed by atoms with Crippen LogP contribution in [-0.4, -0.2) is 62.6 Å². The SMILES string of the molecule is CNc1c[c]([Sn]([CH3])([CH3])[CH3])ncn1.Cc1ccncn1.O=CC1CS1. The van der Waals surface area contributed by atoms with Crippen LogP contribution >= 0.6 is 11.8 Å². The third kappa shape index (κ3) is 9.17. The average Bonchev–Trinajstić information content (AvgIpc) is 3.40. The predicted octanol–water partition coefficient (Wildman–Crippen LogP) is 2.15. The standard InChI is InChI=1S/C5H6N3.C5H6N2.C3H4OS.3CH3.Sn/c1-6-5-2-3-7-4-8-5;1-5-2-3-6-4-7-5;4-1-3-2-5-3;;;;/h2,4H,1H3,(H,6,7,8);2-4H,1H3;1,3H,2H2;3*1H3;. The van der Waals surface area contributed by atoms with E-state index >= 15 is 0 Å². The van der Waals surface area contributed by atoms with Crippen LogP contribution in [0.1, 0.15) is 5.69 Å². The van der Waals surface area contributed by atoms with Crippen molar-refractivity contribution in [3.63, 3.8) is 0 Å². The van der Waals surface area contributed by atoms with Gasteiger partial charge in [-0.1, -0.05) is 0 Å². The number of aryl methyl sites for hydroxylation is 1. The van der Waals surface area contributed by atoms with Gasteiger partial charge in [-0.3, -0.25) is 0 Å². The number of aromatic nitrogens is 4. The molecule has 1 fully saturated rings. The Bertz CT molecular complexity index is 617. The molecule has 3 rings (SSSR count). The van der Waals surface area contributed by atoms with Gasteiger partial charge in [0.25, 0.3) is 0 Å². The summed E-state index contributed by atoms with van der Waals surface area (Å²) in [6.45, 7) is 1.93. The van der Waals surface area contributed by atoms with E-state index in [0.717, 1.165) is 23.6 Å². The second kappa shape index (κ2) is 10.6. The Labute approximate surface area is 152 Å². The van der Waals surface area contributed by atoms with Crippen LogP contribution in [0.15, 0.2) is 31.0 Å². The van der Waals surface area contributed by atoms with Crippen molar-refractivity contribution in [1.29, 1.82) is 0 Å². The molecule has 24 heavy (non-hydrogen) atoms. The molecule has 0 amide bonds. The summed E-state index contributed by atoms with van der Waals surface area (Å²) in [4.78, 5) is 32.6. The molecule has 1 atom stereocenters. The van der Waals surface area contributed by atoms with Gasteiger partial charge in [-0.05, 0) is 13.0 Å². The van der Waals surface area contributed by atoms with Crippen molar-refractivity contribution >= 4 is 46.0 Å². The number of carbonyl (C=O) groups excluding carboxylic acids is 1. The fourth-order valence-corrected chi connectivity index (χ4v) is 4.56.